The number of carbonyl (C=O) groups excluding carboxylic acids is 2. The summed E-state index contributed by atoms with van der Waals surface area (Å²) in [5.41, 5.74) is 0. The summed E-state index contributed by atoms with van der Waals surface area (Å²) in [6.45, 7) is 2.07. The molecule has 1 saturated carbocycles. The highest BCUT2D eigenvalue weighted by molar-refractivity contribution is 6.02. The maximum Gasteiger partial charge on any atom is 0.327 e. The topological polar surface area (TPSA) is 52.7 Å². The third kappa shape index (κ3) is 1.42. The Morgan fingerprint density at radius 1 is 1.13 bits per heavy atom. The van der Waals surface area contributed by atoms with Gasteiger partial charge >= 0.3 is 6.03 Å². The first-order chi connectivity index (χ1) is 7.27. The first-order valence-corrected chi connectivity index (χ1v) is 5.61. The van der Waals surface area contributed by atoms with Crippen LogP contribution in [0.2, 0.25) is 0 Å². The van der Waals surface area contributed by atoms with E-state index in [0.29, 0.717) is 6.54 Å². The first kappa shape index (κ1) is 9.15. The summed E-state index contributed by atoms with van der Waals surface area (Å²) in [5, 5.41) is 3.22. The van der Waals surface area contributed by atoms with Crippen LogP contribution in [0.25, 0.3) is 0 Å². The van der Waals surface area contributed by atoms with Crippen molar-refractivity contribution in [2.24, 2.45) is 0 Å². The molecule has 5 nitrogen and oxygen atoms in total. The molecule has 0 aromatic heterocycles. The van der Waals surface area contributed by atoms with Crippen molar-refractivity contribution in [3.63, 3.8) is 0 Å². The third-order valence-electron chi connectivity index (χ3n) is 3.41. The molecule has 0 bridgehead atoms. The molecule has 3 aliphatic rings. The molecule has 15 heavy (non-hydrogen) atoms. The average Bonchev–Trinajstić information content (AvgIpc) is 2.79. The molecule has 0 aromatic carbocycles. The van der Waals surface area contributed by atoms with Gasteiger partial charge in [0.2, 0.25) is 0 Å². The summed E-state index contributed by atoms with van der Waals surface area (Å²) < 4.78 is 0. The van der Waals surface area contributed by atoms with Gasteiger partial charge in [-0.2, -0.15) is 0 Å². The zero-order valence-electron chi connectivity index (χ0n) is 8.61. The minimum atomic E-state index is -0.0591. The van der Waals surface area contributed by atoms with E-state index in [1.165, 1.54) is 4.90 Å². The number of imide groups is 1. The van der Waals surface area contributed by atoms with E-state index in [1.54, 1.807) is 4.90 Å². The van der Waals surface area contributed by atoms with Crippen LogP contribution in [0.3, 0.4) is 0 Å². The van der Waals surface area contributed by atoms with Crippen molar-refractivity contribution in [3.8, 4) is 0 Å². The number of hydrogen-bond donors (Lipinski definition) is 1. The Bertz CT molecular complexity index is 308. The highest BCUT2D eigenvalue weighted by Crippen LogP contribution is 2.31. The molecule has 5 heteroatoms. The molecule has 3 fully saturated rings. The van der Waals surface area contributed by atoms with Crippen molar-refractivity contribution in [2.45, 2.75) is 31.3 Å². The van der Waals surface area contributed by atoms with E-state index in [4.69, 9.17) is 0 Å². The standard InChI is InChI=1S/C10H15N3O2/c14-9-6-12(8-3-4-11-5-8)10(15)13(9)7-1-2-7/h7-8,11H,1-6H2. The molecule has 2 saturated heterocycles. The molecule has 1 unspecified atom stereocenters. The largest absolute Gasteiger partial charge is 0.327 e. The Labute approximate surface area is 88.4 Å². The van der Waals surface area contributed by atoms with Crippen molar-refractivity contribution >= 4 is 11.9 Å². The third-order valence-corrected chi connectivity index (χ3v) is 3.41. The Morgan fingerprint density at radius 2 is 1.93 bits per heavy atom. The summed E-state index contributed by atoms with van der Waals surface area (Å²) in [6.07, 6.45) is 2.96. The summed E-state index contributed by atoms with van der Waals surface area (Å²) in [4.78, 5) is 26.9. The fraction of sp³-hybridized carbons (Fsp3) is 0.800. The molecule has 0 aromatic rings. The summed E-state index contributed by atoms with van der Waals surface area (Å²) in [7, 11) is 0. The van der Waals surface area contributed by atoms with E-state index in [1.807, 2.05) is 0 Å². The lowest BCUT2D eigenvalue weighted by Crippen LogP contribution is -2.41. The lowest BCUT2D eigenvalue weighted by atomic mass is 10.2. The fourth-order valence-electron chi connectivity index (χ4n) is 2.42. The van der Waals surface area contributed by atoms with E-state index in [-0.39, 0.29) is 24.0 Å². The average molecular weight is 209 g/mol. The van der Waals surface area contributed by atoms with Gasteiger partial charge in [0.15, 0.2) is 0 Å². The van der Waals surface area contributed by atoms with Crippen LogP contribution in [0.15, 0.2) is 0 Å². The quantitative estimate of drug-likeness (QED) is 0.639. The number of nitrogens with one attached hydrogen (secondary N) is 1. The van der Waals surface area contributed by atoms with Gasteiger partial charge in [0.1, 0.15) is 6.54 Å². The van der Waals surface area contributed by atoms with Gasteiger partial charge in [-0.1, -0.05) is 0 Å². The SMILES string of the molecule is O=C1CN(C2CCNC2)C(=O)N1C1CC1. The summed E-state index contributed by atoms with van der Waals surface area (Å²) >= 11 is 0. The number of amides is 3. The molecule has 3 rings (SSSR count). The van der Waals surface area contributed by atoms with Crippen molar-refractivity contribution in [1.82, 2.24) is 15.1 Å². The Kier molecular flexibility index (Phi) is 1.95. The molecule has 0 radical (unpaired) electrons. The van der Waals surface area contributed by atoms with Gasteiger partial charge in [-0.3, -0.25) is 9.69 Å². The number of rotatable bonds is 2. The lowest BCUT2D eigenvalue weighted by molar-refractivity contribution is -0.125. The van der Waals surface area contributed by atoms with Crippen LogP contribution in [0, 0.1) is 0 Å². The second-order valence-corrected chi connectivity index (χ2v) is 4.55. The van der Waals surface area contributed by atoms with Gasteiger partial charge in [-0.05, 0) is 25.8 Å². The summed E-state index contributed by atoms with van der Waals surface area (Å²) in [6, 6.07) is 0.380. The van der Waals surface area contributed by atoms with Crippen LogP contribution in [-0.2, 0) is 4.79 Å². The van der Waals surface area contributed by atoms with Crippen LogP contribution < -0.4 is 5.32 Å². The summed E-state index contributed by atoms with van der Waals surface area (Å²) in [5.74, 6) is -0.00519. The van der Waals surface area contributed by atoms with Crippen LogP contribution >= 0.6 is 0 Å². The van der Waals surface area contributed by atoms with E-state index in [9.17, 15) is 9.59 Å². The molecule has 0 spiro atoms. The smallest absolute Gasteiger partial charge is 0.315 e. The lowest BCUT2D eigenvalue weighted by Gasteiger charge is -2.22. The van der Waals surface area contributed by atoms with Gasteiger partial charge in [0.25, 0.3) is 5.91 Å². The molecule has 1 aliphatic carbocycles. The first-order valence-electron chi connectivity index (χ1n) is 5.61. The fourth-order valence-corrected chi connectivity index (χ4v) is 2.42. The highest BCUT2D eigenvalue weighted by atomic mass is 16.2. The maximum atomic E-state index is 12.0. The van der Waals surface area contributed by atoms with E-state index < -0.39 is 0 Å². The van der Waals surface area contributed by atoms with Gasteiger partial charge in [-0.25, -0.2) is 4.79 Å². The molecule has 1 N–H and O–H groups in total. The predicted octanol–water partition coefficient (Wildman–Crippen LogP) is -0.225. The zero-order valence-corrected chi connectivity index (χ0v) is 8.61. The normalized spacial score (nSPS) is 31.9. The van der Waals surface area contributed by atoms with Gasteiger partial charge in [0, 0.05) is 18.6 Å². The van der Waals surface area contributed by atoms with Crippen LogP contribution in [-0.4, -0.2) is 53.5 Å². The second kappa shape index (κ2) is 3.20. The molecule has 2 aliphatic heterocycles. The monoisotopic (exact) mass is 209 g/mol. The van der Waals surface area contributed by atoms with Crippen molar-refractivity contribution in [1.29, 1.82) is 0 Å². The minimum absolute atomic E-state index is 0.00519. The molecule has 82 valence electrons. The van der Waals surface area contributed by atoms with Crippen LogP contribution in [0.4, 0.5) is 4.79 Å². The molecule has 3 amide bonds. The van der Waals surface area contributed by atoms with Crippen LogP contribution in [0.5, 0.6) is 0 Å². The van der Waals surface area contributed by atoms with E-state index in [0.717, 1.165) is 32.4 Å². The number of hydrogen-bond acceptors (Lipinski definition) is 3. The molecule has 2 heterocycles. The Balaban J connectivity index is 1.75. The molecular formula is C10H15N3O2. The van der Waals surface area contributed by atoms with E-state index >= 15 is 0 Å². The number of nitrogens with zero attached hydrogens (tertiary/aromatic N) is 2. The maximum absolute atomic E-state index is 12.0. The van der Waals surface area contributed by atoms with E-state index in [2.05, 4.69) is 5.32 Å². The second-order valence-electron chi connectivity index (χ2n) is 4.55. The van der Waals surface area contributed by atoms with Gasteiger partial charge in [-0.15, -0.1) is 0 Å². The van der Waals surface area contributed by atoms with Gasteiger partial charge < -0.3 is 10.2 Å². The predicted molar refractivity (Wildman–Crippen MR) is 53.2 cm³/mol. The number of urea groups is 1. The van der Waals surface area contributed by atoms with Crippen LogP contribution in [0.1, 0.15) is 19.3 Å². The van der Waals surface area contributed by atoms with Crippen molar-refractivity contribution in [3.05, 3.63) is 0 Å². The molecular weight excluding hydrogens is 194 g/mol. The van der Waals surface area contributed by atoms with Crippen molar-refractivity contribution < 1.29 is 9.59 Å². The Hall–Kier alpha value is -1.10. The van der Waals surface area contributed by atoms with Crippen molar-refractivity contribution in [2.75, 3.05) is 19.6 Å². The number of carbonyl (C=O) groups is 2. The molecule has 1 atom stereocenters. The zero-order chi connectivity index (χ0) is 10.4. The minimum Gasteiger partial charge on any atom is -0.315 e. The Morgan fingerprint density at radius 3 is 2.53 bits per heavy atom. The van der Waals surface area contributed by atoms with Gasteiger partial charge in [0.05, 0.1) is 0 Å². The highest BCUT2D eigenvalue weighted by Gasteiger charge is 2.46.